The molecule has 25 rings (SSSR count). The van der Waals surface area contributed by atoms with Crippen LogP contribution in [-0.4, -0.2) is 13.4 Å². The molecule has 0 saturated carbocycles. The van der Waals surface area contributed by atoms with E-state index in [1.807, 2.05) is 24.3 Å². The fraction of sp³-hybridized carbons (Fsp3) is 0.0625. The van der Waals surface area contributed by atoms with Gasteiger partial charge in [0.2, 0.25) is 0 Å². The second kappa shape index (κ2) is 20.7. The third kappa shape index (κ3) is 7.48. The lowest BCUT2D eigenvalue weighted by Crippen LogP contribution is -2.63. The van der Waals surface area contributed by atoms with E-state index in [1.54, 1.807) is 0 Å². The maximum Gasteiger partial charge on any atom is 0.252 e. The molecular formula is C96H62B2N6O4. The summed E-state index contributed by atoms with van der Waals surface area (Å²) in [6, 6.07) is 111. The van der Waals surface area contributed by atoms with Crippen molar-refractivity contribution in [2.24, 2.45) is 0 Å². The highest BCUT2D eigenvalue weighted by molar-refractivity contribution is 7.01. The van der Waals surface area contributed by atoms with Crippen molar-refractivity contribution in [3.05, 3.63) is 326 Å². The van der Waals surface area contributed by atoms with Gasteiger partial charge < -0.3 is 48.3 Å². The molecule has 10 heterocycles. The number of fused-ring (bicyclic) bond motifs is 20. The van der Waals surface area contributed by atoms with Gasteiger partial charge in [0.1, 0.15) is 0 Å². The molecule has 0 radical (unpaired) electrons. The summed E-state index contributed by atoms with van der Waals surface area (Å²) in [4.78, 5) is 15.0. The molecule has 0 aliphatic carbocycles. The highest BCUT2D eigenvalue weighted by Gasteiger charge is 2.53. The molecule has 0 amide bonds. The van der Waals surface area contributed by atoms with E-state index >= 15 is 0 Å². The zero-order valence-corrected chi connectivity index (χ0v) is 59.3. The number of ether oxygens (including phenoxy) is 4. The maximum absolute atomic E-state index is 7.55. The van der Waals surface area contributed by atoms with Crippen LogP contribution in [0.5, 0.6) is 46.0 Å². The van der Waals surface area contributed by atoms with E-state index in [0.29, 0.717) is 0 Å². The molecule has 10 aliphatic rings. The average Bonchev–Trinajstić information content (AvgIpc) is 0.665. The average molecular weight is 1390 g/mol. The Hall–Kier alpha value is -13.6. The molecule has 15 aromatic rings. The van der Waals surface area contributed by atoms with E-state index in [-0.39, 0.29) is 24.3 Å². The zero-order valence-electron chi connectivity index (χ0n) is 59.3. The van der Waals surface area contributed by atoms with E-state index in [4.69, 9.17) is 18.9 Å². The van der Waals surface area contributed by atoms with Crippen LogP contribution in [0.1, 0.15) is 49.9 Å². The monoisotopic (exact) mass is 1380 g/mol. The molecular weight excluding hydrogens is 1320 g/mol. The number of para-hydroxylation sites is 16. The predicted octanol–water partition coefficient (Wildman–Crippen LogP) is 21.8. The van der Waals surface area contributed by atoms with E-state index in [2.05, 4.69) is 336 Å². The summed E-state index contributed by atoms with van der Waals surface area (Å²) >= 11 is 0. The van der Waals surface area contributed by atoms with Gasteiger partial charge in [0.15, 0.2) is 46.0 Å². The quantitative estimate of drug-likeness (QED) is 0.159. The van der Waals surface area contributed by atoms with Crippen LogP contribution in [0.4, 0.5) is 102 Å². The topological polar surface area (TPSA) is 56.4 Å². The Kier molecular flexibility index (Phi) is 11.3. The lowest BCUT2D eigenvalue weighted by atomic mass is 9.32. The van der Waals surface area contributed by atoms with Crippen LogP contribution >= 0.6 is 0 Å². The fourth-order valence-electron chi connectivity index (χ4n) is 20.3. The van der Waals surface area contributed by atoms with E-state index in [9.17, 15) is 0 Å². The van der Waals surface area contributed by atoms with Gasteiger partial charge in [-0.3, -0.25) is 0 Å². The zero-order chi connectivity index (χ0) is 70.9. The summed E-state index contributed by atoms with van der Waals surface area (Å²) in [6.45, 7) is 9.31. The van der Waals surface area contributed by atoms with Crippen LogP contribution in [0.25, 0.3) is 22.3 Å². The Labute approximate surface area is 625 Å². The number of anilines is 18. The first-order valence-electron chi connectivity index (χ1n) is 37.4. The predicted molar refractivity (Wildman–Crippen MR) is 439 cm³/mol. The number of rotatable bonds is 4. The van der Waals surface area contributed by atoms with Gasteiger partial charge in [-0.15, -0.1) is 0 Å². The van der Waals surface area contributed by atoms with Gasteiger partial charge in [0, 0.05) is 56.2 Å². The standard InChI is InChI=1S/C96H62B2N6O4/c1-95(2)61-24-5-7-31-69(61)101-79-53-59(54-80-89(79)97(65-28-20-26-63(95)90(65)101)66-29-21-27-64-91(66)102(80)70-32-8-6-25-62(70)96(64,3)4)100-73-35-11-18-43-85(73)108-94-60(23-19-38-76(94)100)57-49-68-93-87(52-57)107-84-42-17-13-37-75(84)104(93)78-51-56(50-77-88(78)98(68)67-30-22-44-86-92(67)103(77)74-36-12-16-41-83(74)106-86)55-45-47-58(48-46-55)99-71-33-9-14-39-81(71)105-82-40-15-10-34-72(82)99/h5-54H,1-4H3. The van der Waals surface area contributed by atoms with Crippen molar-refractivity contribution in [1.82, 2.24) is 0 Å². The van der Waals surface area contributed by atoms with Crippen molar-refractivity contribution in [3.63, 3.8) is 0 Å². The Morgan fingerprint density at radius 2 is 0.602 bits per heavy atom. The molecule has 108 heavy (non-hydrogen) atoms. The third-order valence-electron chi connectivity index (χ3n) is 24.9. The van der Waals surface area contributed by atoms with Crippen molar-refractivity contribution in [2.45, 2.75) is 38.5 Å². The Morgan fingerprint density at radius 3 is 1.14 bits per heavy atom. The van der Waals surface area contributed by atoms with Crippen molar-refractivity contribution < 1.29 is 18.9 Å². The number of hydrogen-bond donors (Lipinski definition) is 0. The minimum atomic E-state index is -0.274. The van der Waals surface area contributed by atoms with Gasteiger partial charge in [-0.25, -0.2) is 0 Å². The molecule has 506 valence electrons. The van der Waals surface area contributed by atoms with Crippen LogP contribution in [0.15, 0.2) is 303 Å². The highest BCUT2D eigenvalue weighted by Crippen LogP contribution is 2.63. The molecule has 0 fully saturated rings. The molecule has 12 heteroatoms. The summed E-state index contributed by atoms with van der Waals surface area (Å²) in [6.07, 6.45) is 0. The van der Waals surface area contributed by atoms with Crippen molar-refractivity contribution in [3.8, 4) is 68.2 Å². The van der Waals surface area contributed by atoms with E-state index in [1.165, 1.54) is 78.2 Å². The van der Waals surface area contributed by atoms with Gasteiger partial charge in [0.05, 0.1) is 62.6 Å². The van der Waals surface area contributed by atoms with Gasteiger partial charge >= 0.3 is 0 Å². The summed E-state index contributed by atoms with van der Waals surface area (Å²) in [5, 5.41) is 0. The summed E-state index contributed by atoms with van der Waals surface area (Å²) in [5.74, 6) is 6.28. The SMILES string of the molecule is CC1(C)c2ccccc2N2c3cc(N4c5ccccc5Oc5c(-c6cc7c8c(c6)B6c9cccc%10c9N(c9ccccc9O%10)c9cc(-c%10ccc(N%11c%12ccccc%12Oc%12ccccc%12%11)cc%10)cc(c96)N8c6ccccc6O7)cccc54)cc4c3B(c3cccc1c32)c1cccc2c1N4c1ccccc1C2(C)C. The van der Waals surface area contributed by atoms with Gasteiger partial charge in [0.25, 0.3) is 13.4 Å². The van der Waals surface area contributed by atoms with E-state index < -0.39 is 0 Å². The molecule has 10 nitrogen and oxygen atoms in total. The number of nitrogens with zero attached hydrogens (tertiary/aromatic N) is 6. The van der Waals surface area contributed by atoms with Crippen molar-refractivity contribution >= 4 is 149 Å². The molecule has 15 aromatic carbocycles. The summed E-state index contributed by atoms with van der Waals surface area (Å²) < 4.78 is 28.5. The largest absolute Gasteiger partial charge is 0.453 e. The van der Waals surface area contributed by atoms with Crippen LogP contribution in [0.2, 0.25) is 0 Å². The Balaban J connectivity index is 0.701. The molecule has 0 unspecified atom stereocenters. The maximum atomic E-state index is 7.55. The van der Waals surface area contributed by atoms with Crippen LogP contribution < -0.4 is 81.1 Å². The molecule has 0 spiro atoms. The summed E-state index contributed by atoms with van der Waals surface area (Å²) in [5.41, 5.74) is 35.5. The highest BCUT2D eigenvalue weighted by atomic mass is 16.5. The molecule has 0 saturated heterocycles. The van der Waals surface area contributed by atoms with Gasteiger partial charge in [-0.2, -0.15) is 0 Å². The minimum Gasteiger partial charge on any atom is -0.453 e. The Bertz CT molecular complexity index is 6430. The van der Waals surface area contributed by atoms with Gasteiger partial charge in [-0.05, 0) is 199 Å². The molecule has 0 aromatic heterocycles. The van der Waals surface area contributed by atoms with Crippen molar-refractivity contribution in [2.75, 3.05) is 29.4 Å². The second-order valence-corrected chi connectivity index (χ2v) is 31.0. The smallest absolute Gasteiger partial charge is 0.252 e. The van der Waals surface area contributed by atoms with Crippen molar-refractivity contribution in [1.29, 1.82) is 0 Å². The van der Waals surface area contributed by atoms with Crippen LogP contribution in [-0.2, 0) is 10.8 Å². The normalized spacial score (nSPS) is 15.5. The minimum absolute atomic E-state index is 0.0470. The van der Waals surface area contributed by atoms with E-state index in [0.717, 1.165) is 147 Å². The summed E-state index contributed by atoms with van der Waals surface area (Å²) in [7, 11) is 0. The number of hydrogen-bond acceptors (Lipinski definition) is 10. The van der Waals surface area contributed by atoms with Crippen LogP contribution in [0.3, 0.4) is 0 Å². The lowest BCUT2D eigenvalue weighted by Gasteiger charge is -2.52. The first-order valence-corrected chi connectivity index (χ1v) is 37.4. The first kappa shape index (κ1) is 58.8. The second-order valence-electron chi connectivity index (χ2n) is 31.0. The molecule has 0 bridgehead atoms. The lowest BCUT2D eigenvalue weighted by molar-refractivity contribution is 0.476. The first-order chi connectivity index (χ1) is 53.1. The van der Waals surface area contributed by atoms with Gasteiger partial charge in [-0.1, -0.05) is 204 Å². The molecule has 0 N–H and O–H groups in total. The van der Waals surface area contributed by atoms with Crippen LogP contribution in [0, 0.1) is 0 Å². The number of benzene rings is 15. The molecule has 0 atom stereocenters. The fourth-order valence-corrected chi connectivity index (χ4v) is 20.3. The Morgan fingerprint density at radius 1 is 0.231 bits per heavy atom. The molecule has 10 aliphatic heterocycles. The third-order valence-corrected chi connectivity index (χ3v) is 24.9.